The van der Waals surface area contributed by atoms with Crippen LogP contribution in [0.2, 0.25) is 0 Å². The van der Waals surface area contributed by atoms with E-state index in [0.717, 1.165) is 5.01 Å². The van der Waals surface area contributed by atoms with Gasteiger partial charge in [-0.1, -0.05) is 24.3 Å². The summed E-state index contributed by atoms with van der Waals surface area (Å²) in [6, 6.07) is 8.75. The molecule has 0 heterocycles. The molecule has 0 aliphatic carbocycles. The molecule has 1 aromatic rings. The van der Waals surface area contributed by atoms with Crippen LogP contribution in [-0.4, -0.2) is 17.5 Å². The number of nitrogens with zero attached hydrogens (tertiary/aromatic N) is 1. The second kappa shape index (κ2) is 4.42. The van der Waals surface area contributed by atoms with Crippen LogP contribution in [0.5, 0.6) is 0 Å². The Hall–Kier alpha value is -1.61. The number of rotatable bonds is 3. The van der Waals surface area contributed by atoms with E-state index in [-0.39, 0.29) is 12.5 Å². The van der Waals surface area contributed by atoms with Gasteiger partial charge < -0.3 is 0 Å². The van der Waals surface area contributed by atoms with Crippen molar-refractivity contribution in [1.29, 1.82) is 0 Å². The fraction of sp³-hybridized carbons (Fsp3) is 0.100. The number of amides is 1. The molecule has 1 aromatic carbocycles. The lowest BCUT2D eigenvalue weighted by Crippen LogP contribution is -2.29. The summed E-state index contributed by atoms with van der Waals surface area (Å²) in [5.41, 5.74) is 0.527. The van der Waals surface area contributed by atoms with Crippen molar-refractivity contribution in [3.63, 3.8) is 0 Å². The fourth-order valence-electron chi connectivity index (χ4n) is 0.949. The summed E-state index contributed by atoms with van der Waals surface area (Å²) in [5, 5.41) is 0.877. The van der Waals surface area contributed by atoms with Crippen LogP contribution in [0.1, 0.15) is 10.4 Å². The number of carbonyl (C=O) groups excluding carboxylic acids is 1. The van der Waals surface area contributed by atoms with E-state index in [1.807, 2.05) is 6.07 Å². The molecule has 3 heteroatoms. The fourth-order valence-corrected chi connectivity index (χ4v) is 0.949. The molecular weight excluding hydrogens is 164 g/mol. The standard InChI is InChI=1S/C10H11N2O/c1-2-8-12(11)10(13)9-6-4-3-5-7-9/h2-7,11H,1,8H2. The van der Waals surface area contributed by atoms with E-state index in [9.17, 15) is 4.79 Å². The van der Waals surface area contributed by atoms with Gasteiger partial charge in [0, 0.05) is 5.56 Å². The second-order valence-corrected chi connectivity index (χ2v) is 2.57. The quantitative estimate of drug-likeness (QED) is 0.507. The summed E-state index contributed by atoms with van der Waals surface area (Å²) < 4.78 is 0. The minimum absolute atomic E-state index is 0.244. The van der Waals surface area contributed by atoms with Crippen molar-refractivity contribution in [3.05, 3.63) is 48.6 Å². The maximum atomic E-state index is 11.4. The first-order valence-electron chi connectivity index (χ1n) is 3.94. The van der Waals surface area contributed by atoms with Gasteiger partial charge >= 0.3 is 0 Å². The smallest absolute Gasteiger partial charge is 0.268 e. The highest BCUT2D eigenvalue weighted by Gasteiger charge is 2.09. The van der Waals surface area contributed by atoms with E-state index >= 15 is 0 Å². The summed E-state index contributed by atoms with van der Waals surface area (Å²) in [7, 11) is 0. The number of hydrogen-bond acceptors (Lipinski definition) is 1. The lowest BCUT2D eigenvalue weighted by atomic mass is 10.2. The molecule has 1 amide bonds. The summed E-state index contributed by atoms with van der Waals surface area (Å²) in [5.74, 6) is 7.02. The van der Waals surface area contributed by atoms with Gasteiger partial charge in [0.25, 0.3) is 5.91 Å². The maximum absolute atomic E-state index is 11.4. The summed E-state index contributed by atoms with van der Waals surface area (Å²) in [6.45, 7) is 3.71. The molecule has 1 N–H and O–H groups in total. The van der Waals surface area contributed by atoms with Crippen molar-refractivity contribution in [2.45, 2.75) is 0 Å². The van der Waals surface area contributed by atoms with E-state index in [2.05, 4.69) is 6.58 Å². The van der Waals surface area contributed by atoms with E-state index in [0.29, 0.717) is 5.56 Å². The molecule has 0 atom stereocenters. The average Bonchev–Trinajstić information content (AvgIpc) is 2.18. The SMILES string of the molecule is C=CCN([NH])C(=O)c1ccccc1. The maximum Gasteiger partial charge on any atom is 0.269 e. The minimum Gasteiger partial charge on any atom is -0.268 e. The minimum atomic E-state index is -0.305. The Bertz CT molecular complexity index is 295. The Balaban J connectivity index is 2.73. The van der Waals surface area contributed by atoms with Crippen molar-refractivity contribution in [2.24, 2.45) is 0 Å². The first-order valence-corrected chi connectivity index (χ1v) is 3.94. The topological polar surface area (TPSA) is 44.1 Å². The summed E-state index contributed by atoms with van der Waals surface area (Å²) in [4.78, 5) is 11.4. The highest BCUT2D eigenvalue weighted by Crippen LogP contribution is 2.01. The zero-order chi connectivity index (χ0) is 9.68. The average molecular weight is 175 g/mol. The van der Waals surface area contributed by atoms with Crippen LogP contribution in [0, 0.1) is 0 Å². The van der Waals surface area contributed by atoms with Crippen molar-refractivity contribution in [3.8, 4) is 0 Å². The van der Waals surface area contributed by atoms with Crippen molar-refractivity contribution in [1.82, 2.24) is 10.9 Å². The van der Waals surface area contributed by atoms with Gasteiger partial charge in [0.1, 0.15) is 0 Å². The Kier molecular flexibility index (Phi) is 3.23. The van der Waals surface area contributed by atoms with Gasteiger partial charge in [-0.15, -0.1) is 12.4 Å². The first kappa shape index (κ1) is 9.48. The predicted octanol–water partition coefficient (Wildman–Crippen LogP) is 1.51. The van der Waals surface area contributed by atoms with Crippen LogP contribution >= 0.6 is 0 Å². The highest BCUT2D eigenvalue weighted by molar-refractivity contribution is 5.93. The van der Waals surface area contributed by atoms with Crippen molar-refractivity contribution < 1.29 is 4.79 Å². The van der Waals surface area contributed by atoms with Crippen LogP contribution in [0.25, 0.3) is 0 Å². The zero-order valence-electron chi connectivity index (χ0n) is 7.23. The molecule has 0 unspecified atom stereocenters. The Morgan fingerprint density at radius 3 is 2.62 bits per heavy atom. The molecule has 1 radical (unpaired) electrons. The van der Waals surface area contributed by atoms with Gasteiger partial charge in [-0.2, -0.15) is 0 Å². The third kappa shape index (κ3) is 2.42. The molecule has 0 spiro atoms. The van der Waals surface area contributed by atoms with E-state index in [4.69, 9.17) is 5.84 Å². The van der Waals surface area contributed by atoms with Crippen LogP contribution in [0.3, 0.4) is 0 Å². The third-order valence-electron chi connectivity index (χ3n) is 1.58. The van der Waals surface area contributed by atoms with Gasteiger partial charge in [0.2, 0.25) is 0 Å². The molecular formula is C10H11N2O. The van der Waals surface area contributed by atoms with E-state index < -0.39 is 0 Å². The molecule has 1 rings (SSSR count). The Morgan fingerprint density at radius 2 is 2.08 bits per heavy atom. The highest BCUT2D eigenvalue weighted by atomic mass is 16.2. The van der Waals surface area contributed by atoms with Gasteiger partial charge in [0.15, 0.2) is 0 Å². The molecule has 0 saturated carbocycles. The number of nitrogens with one attached hydrogen (secondary N) is 1. The Labute approximate surface area is 77.4 Å². The zero-order valence-corrected chi connectivity index (χ0v) is 7.23. The lowest BCUT2D eigenvalue weighted by Gasteiger charge is -2.12. The second-order valence-electron chi connectivity index (χ2n) is 2.57. The van der Waals surface area contributed by atoms with Crippen LogP contribution in [0.4, 0.5) is 0 Å². The third-order valence-corrected chi connectivity index (χ3v) is 1.58. The van der Waals surface area contributed by atoms with Crippen LogP contribution in [-0.2, 0) is 0 Å². The molecule has 0 aliphatic rings. The molecule has 67 valence electrons. The summed E-state index contributed by atoms with van der Waals surface area (Å²) in [6.07, 6.45) is 1.52. The van der Waals surface area contributed by atoms with Gasteiger partial charge in [0.05, 0.1) is 6.54 Å². The summed E-state index contributed by atoms with van der Waals surface area (Å²) >= 11 is 0. The number of benzene rings is 1. The number of hydrogen-bond donors (Lipinski definition) is 0. The first-order chi connectivity index (χ1) is 6.25. The molecule has 0 aliphatic heterocycles. The lowest BCUT2D eigenvalue weighted by molar-refractivity contribution is 0.0760. The largest absolute Gasteiger partial charge is 0.269 e. The van der Waals surface area contributed by atoms with Gasteiger partial charge in [-0.3, -0.25) is 9.80 Å². The molecule has 0 bridgehead atoms. The number of carbonyl (C=O) groups is 1. The monoisotopic (exact) mass is 175 g/mol. The molecule has 0 saturated heterocycles. The van der Waals surface area contributed by atoms with Crippen LogP contribution in [0.15, 0.2) is 43.0 Å². The van der Waals surface area contributed by atoms with Gasteiger partial charge in [-0.05, 0) is 12.1 Å². The molecule has 0 fully saturated rings. The van der Waals surface area contributed by atoms with E-state index in [1.54, 1.807) is 24.3 Å². The van der Waals surface area contributed by atoms with Crippen LogP contribution < -0.4 is 5.84 Å². The predicted molar refractivity (Wildman–Crippen MR) is 50.8 cm³/mol. The molecule has 0 aromatic heterocycles. The Morgan fingerprint density at radius 1 is 1.46 bits per heavy atom. The normalized spacial score (nSPS) is 9.31. The van der Waals surface area contributed by atoms with Crippen molar-refractivity contribution in [2.75, 3.05) is 6.54 Å². The van der Waals surface area contributed by atoms with Gasteiger partial charge in [-0.25, -0.2) is 0 Å². The van der Waals surface area contributed by atoms with E-state index in [1.165, 1.54) is 6.08 Å². The van der Waals surface area contributed by atoms with Crippen molar-refractivity contribution >= 4 is 5.91 Å². The molecule has 3 nitrogen and oxygen atoms in total. The molecule has 13 heavy (non-hydrogen) atoms.